The van der Waals surface area contributed by atoms with Gasteiger partial charge in [0.25, 0.3) is 0 Å². The van der Waals surface area contributed by atoms with Crippen LogP contribution in [0.2, 0.25) is 0 Å². The topological polar surface area (TPSA) is 43.1 Å². The predicted molar refractivity (Wildman–Crippen MR) is 61.0 cm³/mol. The van der Waals surface area contributed by atoms with Gasteiger partial charge in [0.1, 0.15) is 0 Å². The molecule has 0 spiro atoms. The average Bonchev–Trinajstić information content (AvgIpc) is 2.03. The lowest BCUT2D eigenvalue weighted by atomic mass is 9.94. The van der Waals surface area contributed by atoms with Gasteiger partial charge in [0, 0.05) is 5.56 Å². The maximum absolute atomic E-state index is 11.7. The lowest BCUT2D eigenvalue weighted by molar-refractivity contribution is 0.0913. The number of benzene rings is 1. The highest BCUT2D eigenvalue weighted by molar-refractivity contribution is 6.02. The van der Waals surface area contributed by atoms with Crippen molar-refractivity contribution in [2.45, 2.75) is 26.3 Å². The number of hydrogen-bond donors (Lipinski definition) is 1. The van der Waals surface area contributed by atoms with Gasteiger partial charge in [0.2, 0.25) is 0 Å². The molecule has 1 aromatic rings. The van der Waals surface area contributed by atoms with Crippen LogP contribution in [0.15, 0.2) is 24.3 Å². The Bertz CT molecular complexity index is 311. The van der Waals surface area contributed by atoms with E-state index in [4.69, 9.17) is 5.73 Å². The molecule has 0 aliphatic rings. The van der Waals surface area contributed by atoms with Crippen molar-refractivity contribution in [2.24, 2.45) is 5.73 Å². The van der Waals surface area contributed by atoms with E-state index < -0.39 is 5.54 Å². The zero-order valence-corrected chi connectivity index (χ0v) is 9.52. The number of ketones is 1. The second-order valence-corrected chi connectivity index (χ2v) is 3.92. The Kier molecular flexibility index (Phi) is 4.30. The van der Waals surface area contributed by atoms with Crippen LogP contribution in [0.25, 0.3) is 0 Å². The summed E-state index contributed by atoms with van der Waals surface area (Å²) in [5.41, 5.74) is 6.74. The predicted octanol–water partition coefficient (Wildman–Crippen LogP) is 2.34. The molecular weight excluding hydrogens is 198 g/mol. The maximum Gasteiger partial charge on any atom is 0.182 e. The van der Waals surface area contributed by atoms with Crippen LogP contribution in [0, 0.1) is 6.92 Å². The van der Waals surface area contributed by atoms with Crippen molar-refractivity contribution in [3.63, 3.8) is 0 Å². The molecule has 1 aromatic carbocycles. The van der Waals surface area contributed by atoms with E-state index in [0.717, 1.165) is 5.56 Å². The van der Waals surface area contributed by atoms with Gasteiger partial charge in [0.15, 0.2) is 5.78 Å². The number of hydrogen-bond acceptors (Lipinski definition) is 2. The van der Waals surface area contributed by atoms with Crippen molar-refractivity contribution in [1.29, 1.82) is 0 Å². The summed E-state index contributed by atoms with van der Waals surface area (Å²) in [6.45, 7) is 5.42. The molecule has 0 heterocycles. The largest absolute Gasteiger partial charge is 0.319 e. The van der Waals surface area contributed by atoms with Gasteiger partial charge in [0.05, 0.1) is 5.54 Å². The Hall–Kier alpha value is -0.860. The van der Waals surface area contributed by atoms with Crippen LogP contribution in [0.1, 0.15) is 29.8 Å². The molecular formula is C11H16ClNO. The molecule has 0 aliphatic carbocycles. The van der Waals surface area contributed by atoms with E-state index in [1.165, 1.54) is 0 Å². The molecule has 0 fully saturated rings. The Morgan fingerprint density at radius 3 is 2.00 bits per heavy atom. The van der Waals surface area contributed by atoms with E-state index in [-0.39, 0.29) is 18.2 Å². The average molecular weight is 214 g/mol. The van der Waals surface area contributed by atoms with Crippen molar-refractivity contribution in [3.8, 4) is 0 Å². The van der Waals surface area contributed by atoms with Gasteiger partial charge in [-0.25, -0.2) is 0 Å². The zero-order chi connectivity index (χ0) is 10.1. The van der Waals surface area contributed by atoms with Crippen molar-refractivity contribution in [2.75, 3.05) is 0 Å². The fourth-order valence-electron chi connectivity index (χ4n) is 1.08. The molecule has 3 heteroatoms. The van der Waals surface area contributed by atoms with Crippen molar-refractivity contribution in [1.82, 2.24) is 0 Å². The molecule has 2 N–H and O–H groups in total. The molecule has 0 bridgehead atoms. The molecule has 0 aromatic heterocycles. The molecule has 0 atom stereocenters. The minimum Gasteiger partial charge on any atom is -0.319 e. The van der Waals surface area contributed by atoms with E-state index in [2.05, 4.69) is 0 Å². The van der Waals surface area contributed by atoms with E-state index in [0.29, 0.717) is 5.56 Å². The Balaban J connectivity index is 0.00000169. The molecule has 14 heavy (non-hydrogen) atoms. The third-order valence-corrected chi connectivity index (χ3v) is 1.90. The summed E-state index contributed by atoms with van der Waals surface area (Å²) >= 11 is 0. The van der Waals surface area contributed by atoms with Gasteiger partial charge < -0.3 is 5.73 Å². The van der Waals surface area contributed by atoms with E-state index >= 15 is 0 Å². The first-order chi connectivity index (χ1) is 5.91. The van der Waals surface area contributed by atoms with Gasteiger partial charge in [-0.1, -0.05) is 29.8 Å². The monoisotopic (exact) mass is 213 g/mol. The fourth-order valence-corrected chi connectivity index (χ4v) is 1.08. The number of carbonyl (C=O) groups is 1. The van der Waals surface area contributed by atoms with E-state index in [1.807, 2.05) is 31.2 Å². The SMILES string of the molecule is Cc1ccc(C(=O)C(C)(C)N)cc1.Cl. The smallest absolute Gasteiger partial charge is 0.182 e. The Morgan fingerprint density at radius 1 is 1.21 bits per heavy atom. The highest BCUT2D eigenvalue weighted by atomic mass is 35.5. The second-order valence-electron chi connectivity index (χ2n) is 3.92. The van der Waals surface area contributed by atoms with Crippen LogP contribution in [-0.2, 0) is 0 Å². The Labute approximate surface area is 90.9 Å². The molecule has 0 unspecified atom stereocenters. The first-order valence-corrected chi connectivity index (χ1v) is 4.31. The molecule has 0 aliphatic heterocycles. The van der Waals surface area contributed by atoms with Gasteiger partial charge in [-0.15, -0.1) is 12.4 Å². The third-order valence-electron chi connectivity index (χ3n) is 1.90. The number of rotatable bonds is 2. The molecule has 0 radical (unpaired) electrons. The van der Waals surface area contributed by atoms with Crippen LogP contribution in [0.5, 0.6) is 0 Å². The summed E-state index contributed by atoms with van der Waals surface area (Å²) < 4.78 is 0. The molecule has 78 valence electrons. The summed E-state index contributed by atoms with van der Waals surface area (Å²) in [7, 11) is 0. The van der Waals surface area contributed by atoms with Crippen LogP contribution < -0.4 is 5.73 Å². The van der Waals surface area contributed by atoms with Crippen LogP contribution in [-0.4, -0.2) is 11.3 Å². The number of nitrogens with two attached hydrogens (primary N) is 1. The molecule has 0 saturated carbocycles. The Morgan fingerprint density at radius 2 is 1.64 bits per heavy atom. The van der Waals surface area contributed by atoms with E-state index in [9.17, 15) is 4.79 Å². The summed E-state index contributed by atoms with van der Waals surface area (Å²) in [6.07, 6.45) is 0. The highest BCUT2D eigenvalue weighted by Gasteiger charge is 2.22. The van der Waals surface area contributed by atoms with Crippen LogP contribution in [0.4, 0.5) is 0 Å². The van der Waals surface area contributed by atoms with Gasteiger partial charge >= 0.3 is 0 Å². The normalized spacial score (nSPS) is 10.6. The first-order valence-electron chi connectivity index (χ1n) is 4.31. The highest BCUT2D eigenvalue weighted by Crippen LogP contribution is 2.10. The van der Waals surface area contributed by atoms with Crippen LogP contribution >= 0.6 is 12.4 Å². The second kappa shape index (κ2) is 4.58. The third kappa shape index (κ3) is 3.13. The van der Waals surface area contributed by atoms with Gasteiger partial charge in [-0.05, 0) is 20.8 Å². The minimum absolute atomic E-state index is 0. The summed E-state index contributed by atoms with van der Waals surface area (Å²) in [5.74, 6) is -0.0208. The summed E-state index contributed by atoms with van der Waals surface area (Å²) in [6, 6.07) is 7.45. The summed E-state index contributed by atoms with van der Waals surface area (Å²) in [4.78, 5) is 11.7. The van der Waals surface area contributed by atoms with E-state index in [1.54, 1.807) is 13.8 Å². The standard InChI is InChI=1S/C11H15NO.ClH/c1-8-4-6-9(7-5-8)10(13)11(2,3)12;/h4-7H,12H2,1-3H3;1H. The van der Waals surface area contributed by atoms with Gasteiger partial charge in [-0.2, -0.15) is 0 Å². The maximum atomic E-state index is 11.7. The zero-order valence-electron chi connectivity index (χ0n) is 8.70. The lowest BCUT2D eigenvalue weighted by Gasteiger charge is -2.16. The quantitative estimate of drug-likeness (QED) is 0.767. The number of halogens is 1. The molecule has 0 saturated heterocycles. The number of aryl methyl sites for hydroxylation is 1. The van der Waals surface area contributed by atoms with Gasteiger partial charge in [-0.3, -0.25) is 4.79 Å². The molecule has 0 amide bonds. The molecule has 1 rings (SSSR count). The lowest BCUT2D eigenvalue weighted by Crippen LogP contribution is -2.41. The first kappa shape index (κ1) is 13.1. The fraction of sp³-hybridized carbons (Fsp3) is 0.364. The van der Waals surface area contributed by atoms with Crippen molar-refractivity contribution >= 4 is 18.2 Å². The molecule has 2 nitrogen and oxygen atoms in total. The number of Topliss-reactive ketones (excluding diaryl/α,β-unsaturated/α-hetero) is 1. The van der Waals surface area contributed by atoms with Crippen molar-refractivity contribution < 1.29 is 4.79 Å². The van der Waals surface area contributed by atoms with Crippen LogP contribution in [0.3, 0.4) is 0 Å². The number of carbonyl (C=O) groups excluding carboxylic acids is 1. The minimum atomic E-state index is -0.782. The summed E-state index contributed by atoms with van der Waals surface area (Å²) in [5, 5.41) is 0. The van der Waals surface area contributed by atoms with Crippen molar-refractivity contribution in [3.05, 3.63) is 35.4 Å².